The van der Waals surface area contributed by atoms with E-state index >= 15 is 0 Å². The van der Waals surface area contributed by atoms with Gasteiger partial charge in [-0.1, -0.05) is 158 Å². The van der Waals surface area contributed by atoms with Gasteiger partial charge in [-0.3, -0.25) is 0 Å². The van der Waals surface area contributed by atoms with Crippen LogP contribution >= 0.6 is 0 Å². The van der Waals surface area contributed by atoms with Crippen LogP contribution in [0.5, 0.6) is 0 Å². The van der Waals surface area contributed by atoms with E-state index in [-0.39, 0.29) is 0 Å². The lowest BCUT2D eigenvalue weighted by molar-refractivity contribution is 0.669. The Labute approximate surface area is 345 Å². The van der Waals surface area contributed by atoms with Gasteiger partial charge in [-0.15, -0.1) is 0 Å². The Morgan fingerprint density at radius 2 is 0.900 bits per heavy atom. The Kier molecular flexibility index (Phi) is 7.05. The van der Waals surface area contributed by atoms with Gasteiger partial charge in [-0.05, 0) is 131 Å². The van der Waals surface area contributed by atoms with E-state index in [1.807, 2.05) is 0 Å². The second kappa shape index (κ2) is 12.8. The molecular weight excluding hydrogens is 727 g/mol. The molecule has 2 heterocycles. The molecule has 0 saturated carbocycles. The second-order valence-corrected chi connectivity index (χ2v) is 16.0. The summed E-state index contributed by atoms with van der Waals surface area (Å²) >= 11 is 0. The van der Waals surface area contributed by atoms with Gasteiger partial charge in [0.2, 0.25) is 0 Å². The van der Waals surface area contributed by atoms with Crippen molar-refractivity contribution in [3.05, 3.63) is 212 Å². The molecule has 0 fully saturated rings. The minimum Gasteiger partial charge on any atom is -0.456 e. The van der Waals surface area contributed by atoms with E-state index in [0.29, 0.717) is 0 Å². The first kappa shape index (κ1) is 33.1. The zero-order valence-corrected chi connectivity index (χ0v) is 32.6. The molecule has 0 unspecified atom stereocenters. The zero-order valence-electron chi connectivity index (χ0n) is 32.6. The maximum atomic E-state index is 6.71. The van der Waals surface area contributed by atoms with E-state index in [0.717, 1.165) is 33.2 Å². The van der Waals surface area contributed by atoms with Crippen molar-refractivity contribution in [2.24, 2.45) is 0 Å². The third kappa shape index (κ3) is 4.82. The molecule has 11 aromatic carbocycles. The Morgan fingerprint density at radius 1 is 0.300 bits per heavy atom. The van der Waals surface area contributed by atoms with Crippen molar-refractivity contribution in [1.29, 1.82) is 0 Å². The molecule has 0 bridgehead atoms. The fraction of sp³-hybridized carbons (Fsp3) is 0. The summed E-state index contributed by atoms with van der Waals surface area (Å²) in [6.45, 7) is 0. The lowest BCUT2D eigenvalue weighted by atomic mass is 9.84. The molecule has 2 aromatic heterocycles. The minimum atomic E-state index is 0.885. The summed E-state index contributed by atoms with van der Waals surface area (Å²) in [6.07, 6.45) is 0. The number of aromatic nitrogens is 1. The normalized spacial score (nSPS) is 12.0. The largest absolute Gasteiger partial charge is 0.456 e. The molecule has 13 aromatic rings. The molecule has 0 amide bonds. The number of hydrogen-bond acceptors (Lipinski definition) is 1. The standard InChI is InChI=1S/C58H35NO/c1-2-17-42(18-3-1)59-51-24-11-10-22-48(51)57-52(59)30-32-54-58(57)50-35-41(28-31-53(50)60-54)56-46-21-9-8-20-45(46)55(40-26-25-36-13-4-5-15-38(36)33-40)47-29-27-39(34-49(47)56)44-23-12-16-37-14-6-7-19-43(37)44/h1-35H. The molecule has 0 N–H and O–H groups in total. The van der Waals surface area contributed by atoms with Crippen LogP contribution in [0.15, 0.2) is 217 Å². The fourth-order valence-electron chi connectivity index (χ4n) is 10.1. The highest BCUT2D eigenvalue weighted by Gasteiger charge is 2.22. The van der Waals surface area contributed by atoms with Gasteiger partial charge in [-0.25, -0.2) is 0 Å². The van der Waals surface area contributed by atoms with Crippen LogP contribution in [-0.2, 0) is 0 Å². The van der Waals surface area contributed by atoms with E-state index in [1.54, 1.807) is 0 Å². The summed E-state index contributed by atoms with van der Waals surface area (Å²) in [5.74, 6) is 0. The number of benzene rings is 11. The van der Waals surface area contributed by atoms with Crippen LogP contribution in [0, 0.1) is 0 Å². The average Bonchev–Trinajstić information content (AvgIpc) is 3.86. The Balaban J connectivity index is 1.14. The zero-order chi connectivity index (χ0) is 39.3. The van der Waals surface area contributed by atoms with E-state index in [4.69, 9.17) is 4.42 Å². The van der Waals surface area contributed by atoms with Crippen molar-refractivity contribution < 1.29 is 4.42 Å². The van der Waals surface area contributed by atoms with E-state index in [2.05, 4.69) is 217 Å². The van der Waals surface area contributed by atoms with Crippen molar-refractivity contribution in [2.75, 3.05) is 0 Å². The summed E-state index contributed by atoms with van der Waals surface area (Å²) in [5.41, 5.74) is 12.6. The van der Waals surface area contributed by atoms with Crippen LogP contribution in [-0.4, -0.2) is 4.57 Å². The molecule has 0 aliphatic rings. The number of rotatable bonds is 4. The maximum Gasteiger partial charge on any atom is 0.136 e. The molecule has 0 aliphatic heterocycles. The van der Waals surface area contributed by atoms with Crippen molar-refractivity contribution in [2.45, 2.75) is 0 Å². The molecule has 278 valence electrons. The lowest BCUT2D eigenvalue weighted by Gasteiger charge is -2.19. The first-order chi connectivity index (χ1) is 29.8. The molecule has 13 rings (SSSR count). The SMILES string of the molecule is c1ccc(-n2c3ccccc3c3c4c(ccc32)oc2ccc(-c3c5ccccc5c(-c5ccc6ccccc6c5)c5ccc(-c6cccc7ccccc67)cc35)cc24)cc1. The van der Waals surface area contributed by atoms with Crippen molar-refractivity contribution >= 4 is 86.8 Å². The first-order valence-corrected chi connectivity index (χ1v) is 20.7. The number of furan rings is 1. The number of fused-ring (bicyclic) bond motifs is 11. The topological polar surface area (TPSA) is 18.1 Å². The monoisotopic (exact) mass is 761 g/mol. The van der Waals surface area contributed by atoms with Crippen LogP contribution in [0.4, 0.5) is 0 Å². The molecule has 0 radical (unpaired) electrons. The molecule has 0 aliphatic carbocycles. The van der Waals surface area contributed by atoms with Crippen molar-refractivity contribution in [3.8, 4) is 39.1 Å². The van der Waals surface area contributed by atoms with Crippen molar-refractivity contribution in [3.63, 3.8) is 0 Å². The first-order valence-electron chi connectivity index (χ1n) is 20.7. The summed E-state index contributed by atoms with van der Waals surface area (Å²) in [5, 5.41) is 14.6. The van der Waals surface area contributed by atoms with Crippen LogP contribution in [0.25, 0.3) is 126 Å². The maximum absolute atomic E-state index is 6.71. The van der Waals surface area contributed by atoms with Gasteiger partial charge in [0.05, 0.1) is 11.0 Å². The quantitative estimate of drug-likeness (QED) is 0.163. The Hall–Kier alpha value is -7.94. The highest BCUT2D eigenvalue weighted by atomic mass is 16.3. The number of para-hydroxylation sites is 2. The molecule has 0 saturated heterocycles. The Morgan fingerprint density at radius 3 is 1.75 bits per heavy atom. The van der Waals surface area contributed by atoms with E-state index in [1.165, 1.54) is 92.7 Å². The van der Waals surface area contributed by atoms with Gasteiger partial charge in [0.15, 0.2) is 0 Å². The highest BCUT2D eigenvalue weighted by molar-refractivity contribution is 6.29. The van der Waals surface area contributed by atoms with Crippen LogP contribution in [0.1, 0.15) is 0 Å². The summed E-state index contributed by atoms with van der Waals surface area (Å²) < 4.78 is 9.09. The average molecular weight is 762 g/mol. The summed E-state index contributed by atoms with van der Waals surface area (Å²) in [6, 6.07) is 77.6. The van der Waals surface area contributed by atoms with Crippen LogP contribution < -0.4 is 0 Å². The molecule has 2 heteroatoms. The molecule has 2 nitrogen and oxygen atoms in total. The van der Waals surface area contributed by atoms with Gasteiger partial charge in [0, 0.05) is 27.2 Å². The Bertz CT molecular complexity index is 3880. The van der Waals surface area contributed by atoms with Crippen LogP contribution in [0.2, 0.25) is 0 Å². The van der Waals surface area contributed by atoms with Crippen LogP contribution in [0.3, 0.4) is 0 Å². The van der Waals surface area contributed by atoms with Gasteiger partial charge in [-0.2, -0.15) is 0 Å². The summed E-state index contributed by atoms with van der Waals surface area (Å²) in [7, 11) is 0. The number of nitrogens with zero attached hydrogens (tertiary/aromatic N) is 1. The second-order valence-electron chi connectivity index (χ2n) is 16.0. The summed E-state index contributed by atoms with van der Waals surface area (Å²) in [4.78, 5) is 0. The molecule has 0 atom stereocenters. The van der Waals surface area contributed by atoms with Gasteiger partial charge < -0.3 is 8.98 Å². The third-order valence-corrected chi connectivity index (χ3v) is 12.7. The molecular formula is C58H35NO. The molecule has 0 spiro atoms. The van der Waals surface area contributed by atoms with Gasteiger partial charge in [0.25, 0.3) is 0 Å². The molecule has 60 heavy (non-hydrogen) atoms. The third-order valence-electron chi connectivity index (χ3n) is 12.7. The fourth-order valence-corrected chi connectivity index (χ4v) is 10.1. The van der Waals surface area contributed by atoms with E-state index in [9.17, 15) is 0 Å². The predicted molar refractivity (Wildman–Crippen MR) is 254 cm³/mol. The predicted octanol–water partition coefficient (Wildman–Crippen LogP) is 16.3. The smallest absolute Gasteiger partial charge is 0.136 e. The van der Waals surface area contributed by atoms with Crippen molar-refractivity contribution in [1.82, 2.24) is 4.57 Å². The lowest BCUT2D eigenvalue weighted by Crippen LogP contribution is -1.92. The number of hydrogen-bond donors (Lipinski definition) is 0. The minimum absolute atomic E-state index is 0.885. The highest BCUT2D eigenvalue weighted by Crippen LogP contribution is 2.48. The van der Waals surface area contributed by atoms with Gasteiger partial charge in [0.1, 0.15) is 11.2 Å². The van der Waals surface area contributed by atoms with Gasteiger partial charge >= 0.3 is 0 Å². The van der Waals surface area contributed by atoms with E-state index < -0.39 is 0 Å².